The van der Waals surface area contributed by atoms with Crippen LogP contribution in [0.1, 0.15) is 59.1 Å². The van der Waals surface area contributed by atoms with Gasteiger partial charge in [0.25, 0.3) is 0 Å². The number of hydrogen-bond donors (Lipinski definition) is 8. The molecule has 20 nitrogen and oxygen atoms in total. The Morgan fingerprint density at radius 2 is 1.01 bits per heavy atom. The molecule has 8 aromatic heterocycles. The number of rotatable bonds is 6. The van der Waals surface area contributed by atoms with Crippen molar-refractivity contribution >= 4 is 79.6 Å². The maximum absolute atomic E-state index is 14.3. The van der Waals surface area contributed by atoms with E-state index in [-0.39, 0.29) is 24.9 Å². The van der Waals surface area contributed by atoms with E-state index in [9.17, 15) is 18.4 Å². The van der Waals surface area contributed by atoms with Gasteiger partial charge in [-0.15, -0.1) is 0 Å². The summed E-state index contributed by atoms with van der Waals surface area (Å²) in [4.78, 5) is 50.5. The molecule has 0 bridgehead atoms. The highest BCUT2D eigenvalue weighted by Gasteiger charge is 2.27. The van der Waals surface area contributed by atoms with Gasteiger partial charge in [0.05, 0.1) is 34.2 Å². The number of pyridine rings is 6. The minimum Gasteiger partial charge on any atom is -0.383 e. The number of anilines is 8. The average molecular weight is 947 g/mol. The van der Waals surface area contributed by atoms with Crippen LogP contribution in [0.5, 0.6) is 0 Å². The van der Waals surface area contributed by atoms with E-state index in [0.717, 1.165) is 66.6 Å². The summed E-state index contributed by atoms with van der Waals surface area (Å²) < 4.78 is 32.0. The van der Waals surface area contributed by atoms with Gasteiger partial charge in [-0.05, 0) is 60.0 Å². The highest BCUT2D eigenvalue weighted by atomic mass is 19.1. The van der Waals surface area contributed by atoms with Crippen LogP contribution in [0.2, 0.25) is 0 Å². The Morgan fingerprint density at radius 3 is 1.46 bits per heavy atom. The Morgan fingerprint density at radius 1 is 0.571 bits per heavy atom. The van der Waals surface area contributed by atoms with Gasteiger partial charge < -0.3 is 43.4 Å². The molecular formula is C48H48F2N18O2. The summed E-state index contributed by atoms with van der Waals surface area (Å²) in [6.45, 7) is 6.57. The van der Waals surface area contributed by atoms with Gasteiger partial charge in [-0.3, -0.25) is 28.9 Å². The van der Waals surface area contributed by atoms with Crippen LogP contribution < -0.4 is 43.4 Å². The Bertz CT molecular complexity index is 3190. The van der Waals surface area contributed by atoms with Crippen LogP contribution in [-0.4, -0.2) is 87.5 Å². The normalized spacial score (nSPS) is 17.2. The zero-order chi connectivity index (χ0) is 48.2. The predicted molar refractivity (Wildman–Crippen MR) is 262 cm³/mol. The standard InChI is InChI=1S/2C24H24FN9O/c2*1-12-15(9-30-23-17(25)3-5-28-22(12)23)18-6-13-7-19(29-10-16(13)24(26)31-18)32-20-8-14-2-4-27-21(35)11-34(14)33-20/h2*6-10,17,28H,2-5,11H2,1H3,(H2,26,31)(H,27,35)(H,29,32,33)/t2*17-/m10/s1. The lowest BCUT2D eigenvalue weighted by Crippen LogP contribution is -2.25. The molecular weight excluding hydrogens is 899 g/mol. The zero-order valence-corrected chi connectivity index (χ0v) is 38.2. The van der Waals surface area contributed by atoms with E-state index >= 15 is 0 Å². The largest absolute Gasteiger partial charge is 0.383 e. The van der Waals surface area contributed by atoms with Crippen molar-refractivity contribution in [1.82, 2.24) is 60.1 Å². The first-order chi connectivity index (χ1) is 33.9. The number of carbonyl (C=O) groups excluding carboxylic acids is 2. The summed E-state index contributed by atoms with van der Waals surface area (Å²) in [7, 11) is 0. The molecule has 12 heterocycles. The van der Waals surface area contributed by atoms with Crippen molar-refractivity contribution < 1.29 is 18.4 Å². The van der Waals surface area contributed by atoms with E-state index in [1.807, 2.05) is 50.2 Å². The van der Waals surface area contributed by atoms with Crippen molar-refractivity contribution in [1.29, 1.82) is 0 Å². The van der Waals surface area contributed by atoms with Gasteiger partial charge in [-0.1, -0.05) is 0 Å². The number of amides is 2. The second-order valence-corrected chi connectivity index (χ2v) is 17.7. The number of nitrogen functional groups attached to an aromatic ring is 2. The van der Waals surface area contributed by atoms with E-state index in [4.69, 9.17) is 11.5 Å². The molecule has 22 heteroatoms. The molecule has 10 N–H and O–H groups in total. The van der Waals surface area contributed by atoms with Crippen LogP contribution in [0.4, 0.5) is 55.1 Å². The summed E-state index contributed by atoms with van der Waals surface area (Å²) in [5, 5.41) is 30.8. The first-order valence-electron chi connectivity index (χ1n) is 23.0. The third kappa shape index (κ3) is 8.40. The van der Waals surface area contributed by atoms with Crippen LogP contribution in [0.3, 0.4) is 0 Å². The molecule has 4 aliphatic heterocycles. The number of hydrogen-bond acceptors (Lipinski definition) is 16. The van der Waals surface area contributed by atoms with Crippen LogP contribution in [0, 0.1) is 13.8 Å². The highest BCUT2D eigenvalue weighted by Crippen LogP contribution is 2.40. The summed E-state index contributed by atoms with van der Waals surface area (Å²) in [5.41, 5.74) is 21.5. The fraction of sp³-hybridized carbons (Fsp3) is 0.292. The lowest BCUT2D eigenvalue weighted by atomic mass is 9.98. The Hall–Kier alpha value is -8.56. The fourth-order valence-corrected chi connectivity index (χ4v) is 9.38. The summed E-state index contributed by atoms with van der Waals surface area (Å²) >= 11 is 0. The number of alkyl halides is 2. The fourth-order valence-electron chi connectivity index (χ4n) is 9.38. The maximum Gasteiger partial charge on any atom is 0.241 e. The lowest BCUT2D eigenvalue weighted by Gasteiger charge is -2.23. The van der Waals surface area contributed by atoms with Crippen LogP contribution in [0.15, 0.2) is 61.2 Å². The molecule has 0 spiro atoms. The second kappa shape index (κ2) is 17.8. The molecule has 2 atom stereocenters. The van der Waals surface area contributed by atoms with Gasteiger partial charge in [0.2, 0.25) is 11.8 Å². The van der Waals surface area contributed by atoms with Crippen molar-refractivity contribution in [2.45, 2.75) is 65.0 Å². The van der Waals surface area contributed by atoms with E-state index in [0.29, 0.717) is 110 Å². The monoisotopic (exact) mass is 946 g/mol. The van der Waals surface area contributed by atoms with Crippen LogP contribution in [-0.2, 0) is 35.5 Å². The van der Waals surface area contributed by atoms with Crippen LogP contribution >= 0.6 is 0 Å². The van der Waals surface area contributed by atoms with E-state index in [1.165, 1.54) is 0 Å². The van der Waals surface area contributed by atoms with Gasteiger partial charge in [-0.25, -0.2) is 28.7 Å². The molecule has 4 aliphatic rings. The summed E-state index contributed by atoms with van der Waals surface area (Å²) in [6, 6.07) is 11.5. The molecule has 8 aromatic rings. The quantitative estimate of drug-likeness (QED) is 0.0944. The third-order valence-electron chi connectivity index (χ3n) is 13.0. The van der Waals surface area contributed by atoms with Crippen molar-refractivity contribution in [3.8, 4) is 22.5 Å². The predicted octanol–water partition coefficient (Wildman–Crippen LogP) is 6.04. The molecule has 0 radical (unpaired) electrons. The molecule has 70 heavy (non-hydrogen) atoms. The van der Waals surface area contributed by atoms with Crippen molar-refractivity contribution in [3.05, 3.63) is 95.1 Å². The molecule has 0 saturated carbocycles. The number of carbonyl (C=O) groups is 2. The SMILES string of the molecule is Cc1c(-c2cc3cc(Nc4cc5n(n4)CC(=O)NCC5)ncc3c(N)n2)cnc2c1NCC[C@@H]2F.Cc1c(-c2cc3cc(Nc4cc5n(n4)CC(=O)NCC5)ncc3c(N)n2)cnc2c1NCC[C@H]2F. The molecule has 0 aromatic carbocycles. The van der Waals surface area contributed by atoms with Crippen molar-refractivity contribution in [2.75, 3.05) is 58.9 Å². The van der Waals surface area contributed by atoms with Gasteiger partial charge in [-0.2, -0.15) is 10.2 Å². The summed E-state index contributed by atoms with van der Waals surface area (Å²) in [5.74, 6) is 3.01. The first kappa shape index (κ1) is 44.0. The Kier molecular flexibility index (Phi) is 11.2. The van der Waals surface area contributed by atoms with E-state index in [2.05, 4.69) is 72.0 Å². The number of fused-ring (bicyclic) bond motifs is 6. The molecule has 0 fully saturated rings. The maximum atomic E-state index is 14.3. The van der Waals surface area contributed by atoms with E-state index in [1.54, 1.807) is 34.2 Å². The number of nitrogens with zero attached hydrogens (tertiary/aromatic N) is 10. The number of nitrogens with one attached hydrogen (secondary N) is 6. The van der Waals surface area contributed by atoms with Crippen LogP contribution in [0.25, 0.3) is 44.1 Å². The zero-order valence-electron chi connectivity index (χ0n) is 38.2. The smallest absolute Gasteiger partial charge is 0.241 e. The minimum atomic E-state index is -1.07. The second-order valence-electron chi connectivity index (χ2n) is 17.7. The average Bonchev–Trinajstić information content (AvgIpc) is 3.78. The summed E-state index contributed by atoms with van der Waals surface area (Å²) in [6.07, 6.45) is 6.78. The van der Waals surface area contributed by atoms with Gasteiger partial charge in [0.15, 0.2) is 11.6 Å². The molecule has 12 rings (SSSR count). The van der Waals surface area contributed by atoms with Gasteiger partial charge >= 0.3 is 0 Å². The van der Waals surface area contributed by atoms with Crippen molar-refractivity contribution in [2.24, 2.45) is 0 Å². The number of nitrogens with two attached hydrogens (primary N) is 2. The van der Waals surface area contributed by atoms with Crippen molar-refractivity contribution in [3.63, 3.8) is 0 Å². The first-order valence-corrected chi connectivity index (χ1v) is 23.0. The molecule has 356 valence electrons. The Labute approximate surface area is 398 Å². The van der Waals surface area contributed by atoms with Gasteiger partial charge in [0, 0.05) is 122 Å². The molecule has 0 aliphatic carbocycles. The molecule has 0 saturated heterocycles. The minimum absolute atomic E-state index is 0.0538. The topological polar surface area (TPSA) is 271 Å². The molecule has 0 unspecified atom stereocenters. The number of halogens is 2. The number of aromatic nitrogens is 10. The third-order valence-corrected chi connectivity index (χ3v) is 13.0. The van der Waals surface area contributed by atoms with Gasteiger partial charge in [0.1, 0.15) is 48.7 Å². The van der Waals surface area contributed by atoms with E-state index < -0.39 is 12.3 Å². The lowest BCUT2D eigenvalue weighted by molar-refractivity contribution is -0.122. The Balaban J connectivity index is 0.000000152. The molecule has 2 amide bonds. The highest BCUT2D eigenvalue weighted by molar-refractivity contribution is 5.96.